The zero-order valence-electron chi connectivity index (χ0n) is 23.5. The van der Waals surface area contributed by atoms with Gasteiger partial charge in [0.05, 0.1) is 30.2 Å². The molecule has 0 bridgehead atoms. The molecule has 1 amide bonds. The molecule has 6 heterocycles. The molecule has 0 unspecified atom stereocenters. The van der Waals surface area contributed by atoms with E-state index < -0.39 is 11.6 Å². The minimum Gasteiger partial charge on any atom is -0.456 e. The lowest BCUT2D eigenvalue weighted by atomic mass is 10.1. The number of fused-ring (bicyclic) bond motifs is 1. The van der Waals surface area contributed by atoms with E-state index >= 15 is 0 Å². The standard InChI is InChI=1S/C29H36N7O3S/c1-21-18-25(35(31-21)24-9-5-6-10-30-24)32-11-13-34(14-12-32)36-16-7-8-23(36)26(28(38)39-29(2,3)4)22(19-36)27(37)33-15-17-40-20-33/h5-10,16,18H,11-15,17,19-20H2,1-4H3/q+1/t36-/m1/s1. The van der Waals surface area contributed by atoms with Gasteiger partial charge in [-0.05, 0) is 45.9 Å². The van der Waals surface area contributed by atoms with Crippen molar-refractivity contribution in [1.29, 1.82) is 0 Å². The van der Waals surface area contributed by atoms with Gasteiger partial charge in [-0.3, -0.25) is 4.79 Å². The van der Waals surface area contributed by atoms with E-state index in [1.165, 1.54) is 0 Å². The summed E-state index contributed by atoms with van der Waals surface area (Å²) in [6.07, 6.45) is 7.86. The van der Waals surface area contributed by atoms with E-state index in [0.29, 0.717) is 34.7 Å². The van der Waals surface area contributed by atoms with Crippen LogP contribution in [-0.4, -0.2) is 97.6 Å². The molecule has 40 heavy (non-hydrogen) atoms. The second-order valence-corrected chi connectivity index (χ2v) is 12.6. The van der Waals surface area contributed by atoms with Crippen molar-refractivity contribution in [3.05, 3.63) is 71.4 Å². The van der Waals surface area contributed by atoms with Crippen LogP contribution in [0, 0.1) is 6.92 Å². The number of nitrogens with zero attached hydrogens (tertiary/aromatic N) is 7. The topological polar surface area (TPSA) is 83.8 Å². The number of hydrogen-bond donors (Lipinski definition) is 0. The summed E-state index contributed by atoms with van der Waals surface area (Å²) < 4.78 is 8.10. The molecule has 0 aromatic carbocycles. The fourth-order valence-corrected chi connectivity index (χ4v) is 6.80. The Bertz CT molecular complexity index is 1410. The fourth-order valence-electron chi connectivity index (χ4n) is 5.86. The molecule has 2 aromatic heterocycles. The molecule has 210 valence electrons. The number of aromatic nitrogens is 3. The number of aryl methyl sites for hydroxylation is 1. The first kappa shape index (κ1) is 26.8. The molecule has 6 rings (SSSR count). The summed E-state index contributed by atoms with van der Waals surface area (Å²) in [5.74, 6) is 2.89. The van der Waals surface area contributed by atoms with E-state index in [1.807, 2.05) is 67.6 Å². The Hall–Kier alpha value is -3.41. The highest BCUT2D eigenvalue weighted by Gasteiger charge is 2.54. The Morgan fingerprint density at radius 2 is 1.90 bits per heavy atom. The van der Waals surface area contributed by atoms with Gasteiger partial charge in [0.15, 0.2) is 11.5 Å². The number of quaternary nitrogens is 1. The lowest BCUT2D eigenvalue weighted by Crippen LogP contribution is -2.61. The van der Waals surface area contributed by atoms with Crippen molar-refractivity contribution < 1.29 is 18.9 Å². The maximum atomic E-state index is 13.7. The third-order valence-corrected chi connectivity index (χ3v) is 8.59. The van der Waals surface area contributed by atoms with E-state index in [9.17, 15) is 9.59 Å². The quantitative estimate of drug-likeness (QED) is 0.406. The molecule has 2 aromatic rings. The van der Waals surface area contributed by atoms with Gasteiger partial charge in [-0.2, -0.15) is 14.4 Å². The Balaban J connectivity index is 1.26. The van der Waals surface area contributed by atoms with Crippen molar-refractivity contribution >= 4 is 29.5 Å². The molecule has 0 N–H and O–H groups in total. The highest BCUT2D eigenvalue weighted by Crippen LogP contribution is 2.44. The van der Waals surface area contributed by atoms with Crippen LogP contribution >= 0.6 is 11.8 Å². The number of hydrogen-bond acceptors (Lipinski definition) is 8. The van der Waals surface area contributed by atoms with Gasteiger partial charge in [0.1, 0.15) is 29.7 Å². The molecule has 0 aliphatic carbocycles. The maximum absolute atomic E-state index is 13.7. The molecule has 0 radical (unpaired) electrons. The zero-order valence-corrected chi connectivity index (χ0v) is 24.4. The number of amides is 1. The van der Waals surface area contributed by atoms with E-state index in [0.717, 1.165) is 55.0 Å². The Morgan fingerprint density at radius 1 is 1.10 bits per heavy atom. The molecule has 1 atom stereocenters. The number of carbonyl (C=O) groups is 2. The van der Waals surface area contributed by atoms with Gasteiger partial charge in [0.2, 0.25) is 0 Å². The minimum absolute atomic E-state index is 0.0552. The fraction of sp³-hybridized carbons (Fsp3) is 0.448. The molecular weight excluding hydrogens is 526 g/mol. The Kier molecular flexibility index (Phi) is 6.84. The van der Waals surface area contributed by atoms with Crippen LogP contribution in [0.25, 0.3) is 5.82 Å². The molecule has 10 nitrogen and oxygen atoms in total. The van der Waals surface area contributed by atoms with Crippen LogP contribution in [0.4, 0.5) is 5.82 Å². The summed E-state index contributed by atoms with van der Waals surface area (Å²) in [4.78, 5) is 36.0. The number of esters is 1. The molecule has 11 heteroatoms. The molecule has 0 spiro atoms. The van der Waals surface area contributed by atoms with Crippen molar-refractivity contribution in [3.63, 3.8) is 0 Å². The monoisotopic (exact) mass is 562 g/mol. The van der Waals surface area contributed by atoms with Gasteiger partial charge < -0.3 is 14.5 Å². The van der Waals surface area contributed by atoms with Gasteiger partial charge in [-0.15, -0.1) is 16.8 Å². The summed E-state index contributed by atoms with van der Waals surface area (Å²) in [5.41, 5.74) is 2.08. The minimum atomic E-state index is -0.660. The van der Waals surface area contributed by atoms with Crippen LogP contribution in [0.3, 0.4) is 0 Å². The number of pyridine rings is 1. The van der Waals surface area contributed by atoms with Gasteiger partial charge in [0, 0.05) is 43.7 Å². The van der Waals surface area contributed by atoms with E-state index in [4.69, 9.17) is 9.84 Å². The zero-order chi connectivity index (χ0) is 28.1. The predicted octanol–water partition coefficient (Wildman–Crippen LogP) is 3.03. The second-order valence-electron chi connectivity index (χ2n) is 11.5. The number of thioether (sulfide) groups is 1. The lowest BCUT2D eigenvalue weighted by Gasteiger charge is -2.44. The molecule has 0 saturated carbocycles. The average Bonchev–Trinajstić information content (AvgIpc) is 3.71. The largest absolute Gasteiger partial charge is 0.456 e. The van der Waals surface area contributed by atoms with Gasteiger partial charge in [-0.25, -0.2) is 9.78 Å². The first-order chi connectivity index (χ1) is 19.2. The number of carbonyl (C=O) groups excluding carboxylic acids is 2. The summed E-state index contributed by atoms with van der Waals surface area (Å²) in [6, 6.07) is 7.93. The Morgan fingerprint density at radius 3 is 2.58 bits per heavy atom. The van der Waals surface area contributed by atoms with Crippen LogP contribution in [0.1, 0.15) is 26.5 Å². The summed E-state index contributed by atoms with van der Waals surface area (Å²) in [5, 5.41) is 7.07. The first-order valence-corrected chi connectivity index (χ1v) is 14.9. The van der Waals surface area contributed by atoms with Crippen LogP contribution in [0.15, 0.2) is 65.7 Å². The summed E-state index contributed by atoms with van der Waals surface area (Å²) >= 11 is 1.74. The van der Waals surface area contributed by atoms with Crippen LogP contribution in [0.5, 0.6) is 0 Å². The second kappa shape index (κ2) is 10.2. The smallest absolute Gasteiger partial charge is 0.345 e. The maximum Gasteiger partial charge on any atom is 0.345 e. The summed E-state index contributed by atoms with van der Waals surface area (Å²) in [6.45, 7) is 11.7. The first-order valence-electron chi connectivity index (χ1n) is 13.8. The SMILES string of the molecule is Cc1cc(N2CCN([N@@+]34C=CC=C3C(C(=O)OC(C)(C)C)=C(C(=O)N3CCSC3)C4)CC2)n(-c2ccccn2)n1. The summed E-state index contributed by atoms with van der Waals surface area (Å²) in [7, 11) is 0. The van der Waals surface area contributed by atoms with Crippen LogP contribution < -0.4 is 4.90 Å². The molecule has 2 saturated heterocycles. The molecule has 4 aliphatic rings. The van der Waals surface area contributed by atoms with Crippen molar-refractivity contribution in [2.45, 2.75) is 33.3 Å². The highest BCUT2D eigenvalue weighted by atomic mass is 32.2. The van der Waals surface area contributed by atoms with Gasteiger partial charge in [-0.1, -0.05) is 6.07 Å². The number of allylic oxidation sites excluding steroid dienone is 2. The predicted molar refractivity (Wildman–Crippen MR) is 154 cm³/mol. The highest BCUT2D eigenvalue weighted by molar-refractivity contribution is 7.99. The van der Waals surface area contributed by atoms with E-state index in [1.54, 1.807) is 18.0 Å². The molecule has 2 fully saturated rings. The third kappa shape index (κ3) is 4.76. The third-order valence-electron chi connectivity index (χ3n) is 7.63. The number of ether oxygens (including phenoxy) is 1. The van der Waals surface area contributed by atoms with Gasteiger partial charge >= 0.3 is 5.97 Å². The van der Waals surface area contributed by atoms with Crippen LogP contribution in [0.2, 0.25) is 0 Å². The lowest BCUT2D eigenvalue weighted by molar-refractivity contribution is -0.948. The number of anilines is 1. The normalized spacial score (nSPS) is 23.1. The number of rotatable bonds is 5. The van der Waals surface area contributed by atoms with Gasteiger partial charge in [0.25, 0.3) is 5.91 Å². The molecular formula is C29H36N7O3S+. The molecule has 4 aliphatic heterocycles. The van der Waals surface area contributed by atoms with Crippen LogP contribution in [-0.2, 0) is 14.3 Å². The van der Waals surface area contributed by atoms with Crippen molar-refractivity contribution in [2.75, 3.05) is 55.8 Å². The van der Waals surface area contributed by atoms with E-state index in [2.05, 4.69) is 27.2 Å². The van der Waals surface area contributed by atoms with Crippen molar-refractivity contribution in [1.82, 2.24) is 24.7 Å². The number of piperazine rings is 1. The average molecular weight is 563 g/mol. The van der Waals surface area contributed by atoms with Crippen molar-refractivity contribution in [2.24, 2.45) is 0 Å². The van der Waals surface area contributed by atoms with E-state index in [-0.39, 0.29) is 5.91 Å². The van der Waals surface area contributed by atoms with Crippen molar-refractivity contribution in [3.8, 4) is 5.82 Å². The Labute approximate surface area is 239 Å².